The summed E-state index contributed by atoms with van der Waals surface area (Å²) in [7, 11) is 0. The molecule has 0 saturated carbocycles. The number of hydrogen-bond donors (Lipinski definition) is 2. The van der Waals surface area contributed by atoms with E-state index in [0.717, 1.165) is 36.5 Å². The number of nitrogens with one attached hydrogen (secondary N) is 2. The van der Waals surface area contributed by atoms with Gasteiger partial charge in [0.25, 0.3) is 5.91 Å². The van der Waals surface area contributed by atoms with Crippen LogP contribution in [0.15, 0.2) is 54.6 Å². The highest BCUT2D eigenvalue weighted by atomic mass is 19.1. The summed E-state index contributed by atoms with van der Waals surface area (Å²) < 4.78 is 13.1. The maximum atomic E-state index is 13.1. The van der Waals surface area contributed by atoms with Crippen LogP contribution in [0.3, 0.4) is 0 Å². The first-order chi connectivity index (χ1) is 13.6. The van der Waals surface area contributed by atoms with Gasteiger partial charge in [-0.25, -0.2) is 4.39 Å². The molecular formula is C22H23FN4O. The highest BCUT2D eigenvalue weighted by molar-refractivity contribution is 5.94. The average molecular weight is 378 g/mol. The largest absolute Gasteiger partial charge is 0.353 e. The Morgan fingerprint density at radius 2 is 1.96 bits per heavy atom. The summed E-state index contributed by atoms with van der Waals surface area (Å²) in [5.41, 5.74) is 3.64. The first kappa shape index (κ1) is 18.2. The fourth-order valence-electron chi connectivity index (χ4n) is 3.50. The number of aromatic nitrogens is 2. The van der Waals surface area contributed by atoms with Crippen molar-refractivity contribution in [3.8, 4) is 11.3 Å². The number of carbonyl (C=O) groups excluding carboxylic acids is 1. The van der Waals surface area contributed by atoms with Crippen LogP contribution < -0.4 is 10.2 Å². The molecule has 1 aromatic heterocycles. The topological polar surface area (TPSA) is 61.0 Å². The standard InChI is InChI=1S/C22H23FN4O/c1-2-15-3-5-17(6-4-15)22(28)24-19-11-12-27(14-19)21-13-20(25-26-21)16-7-9-18(23)10-8-16/h3-10,13,19H,2,11-12,14H2,1H3,(H,24,28)(H,25,26)/t19-/m0/s1. The van der Waals surface area contributed by atoms with Crippen molar-refractivity contribution in [3.05, 3.63) is 71.5 Å². The number of carbonyl (C=O) groups is 1. The molecule has 28 heavy (non-hydrogen) atoms. The number of aryl methyl sites for hydroxylation is 1. The summed E-state index contributed by atoms with van der Waals surface area (Å²) in [6.07, 6.45) is 1.83. The Bertz CT molecular complexity index is 949. The van der Waals surface area contributed by atoms with Crippen LogP contribution in [0.2, 0.25) is 0 Å². The van der Waals surface area contributed by atoms with Crippen LogP contribution in [-0.4, -0.2) is 35.2 Å². The molecule has 144 valence electrons. The highest BCUT2D eigenvalue weighted by Crippen LogP contribution is 2.24. The molecule has 1 aliphatic rings. The smallest absolute Gasteiger partial charge is 0.251 e. The number of H-pyrrole nitrogens is 1. The number of halogens is 1. The summed E-state index contributed by atoms with van der Waals surface area (Å²) in [5, 5.41) is 10.5. The van der Waals surface area contributed by atoms with Crippen LogP contribution in [0.5, 0.6) is 0 Å². The van der Waals surface area contributed by atoms with E-state index in [-0.39, 0.29) is 17.8 Å². The fraction of sp³-hybridized carbons (Fsp3) is 0.273. The second kappa shape index (κ2) is 7.84. The predicted octanol–water partition coefficient (Wildman–Crippen LogP) is 3.79. The Labute approximate surface area is 163 Å². The van der Waals surface area contributed by atoms with Gasteiger partial charge in [-0.2, -0.15) is 5.10 Å². The molecule has 1 amide bonds. The molecule has 1 atom stereocenters. The zero-order valence-corrected chi connectivity index (χ0v) is 15.8. The molecule has 0 radical (unpaired) electrons. The zero-order chi connectivity index (χ0) is 19.5. The average Bonchev–Trinajstić information content (AvgIpc) is 3.38. The van der Waals surface area contributed by atoms with E-state index in [1.165, 1.54) is 17.7 Å². The van der Waals surface area contributed by atoms with Gasteiger partial charge in [0.05, 0.1) is 5.69 Å². The third kappa shape index (κ3) is 3.91. The molecule has 1 saturated heterocycles. The van der Waals surface area contributed by atoms with Gasteiger partial charge in [0.15, 0.2) is 5.82 Å². The molecule has 2 aromatic carbocycles. The monoisotopic (exact) mass is 378 g/mol. The van der Waals surface area contributed by atoms with Crippen molar-refractivity contribution in [2.75, 3.05) is 18.0 Å². The lowest BCUT2D eigenvalue weighted by atomic mass is 10.1. The summed E-state index contributed by atoms with van der Waals surface area (Å²) in [5.74, 6) is 0.540. The Balaban J connectivity index is 1.37. The predicted molar refractivity (Wildman–Crippen MR) is 108 cm³/mol. The molecule has 0 unspecified atom stereocenters. The lowest BCUT2D eigenvalue weighted by Crippen LogP contribution is -2.37. The first-order valence-corrected chi connectivity index (χ1v) is 9.58. The van der Waals surface area contributed by atoms with Crippen molar-refractivity contribution < 1.29 is 9.18 Å². The Morgan fingerprint density at radius 1 is 1.21 bits per heavy atom. The van der Waals surface area contributed by atoms with Crippen LogP contribution in [0.25, 0.3) is 11.3 Å². The van der Waals surface area contributed by atoms with E-state index in [4.69, 9.17) is 0 Å². The van der Waals surface area contributed by atoms with Gasteiger partial charge in [0.2, 0.25) is 0 Å². The van der Waals surface area contributed by atoms with Crippen LogP contribution in [0.4, 0.5) is 10.2 Å². The number of hydrogen-bond acceptors (Lipinski definition) is 3. The van der Waals surface area contributed by atoms with Gasteiger partial charge in [-0.15, -0.1) is 0 Å². The molecule has 0 bridgehead atoms. The normalized spacial score (nSPS) is 16.4. The van der Waals surface area contributed by atoms with E-state index in [1.807, 2.05) is 30.3 Å². The van der Waals surface area contributed by atoms with E-state index in [1.54, 1.807) is 12.1 Å². The summed E-state index contributed by atoms with van der Waals surface area (Å²) >= 11 is 0. The second-order valence-corrected chi connectivity index (χ2v) is 7.10. The second-order valence-electron chi connectivity index (χ2n) is 7.10. The van der Waals surface area contributed by atoms with Crippen molar-refractivity contribution in [2.45, 2.75) is 25.8 Å². The molecule has 4 rings (SSSR count). The van der Waals surface area contributed by atoms with Gasteiger partial charge >= 0.3 is 0 Å². The van der Waals surface area contributed by atoms with Gasteiger partial charge in [0.1, 0.15) is 5.82 Å². The van der Waals surface area contributed by atoms with E-state index in [2.05, 4.69) is 27.3 Å². The van der Waals surface area contributed by atoms with Crippen molar-refractivity contribution in [3.63, 3.8) is 0 Å². The minimum Gasteiger partial charge on any atom is -0.353 e. The third-order valence-electron chi connectivity index (χ3n) is 5.19. The molecule has 2 heterocycles. The first-order valence-electron chi connectivity index (χ1n) is 9.58. The van der Waals surface area contributed by atoms with E-state index >= 15 is 0 Å². The Kier molecular flexibility index (Phi) is 5.10. The van der Waals surface area contributed by atoms with Gasteiger partial charge in [0, 0.05) is 30.8 Å². The maximum Gasteiger partial charge on any atom is 0.251 e. The SMILES string of the molecule is CCc1ccc(C(=O)N[C@H]2CCN(c3cc(-c4ccc(F)cc4)[nH]n3)C2)cc1. The van der Waals surface area contributed by atoms with Gasteiger partial charge < -0.3 is 10.2 Å². The van der Waals surface area contributed by atoms with Crippen LogP contribution >= 0.6 is 0 Å². The van der Waals surface area contributed by atoms with Gasteiger partial charge in [-0.1, -0.05) is 19.1 Å². The van der Waals surface area contributed by atoms with E-state index in [0.29, 0.717) is 12.1 Å². The molecule has 3 aromatic rings. The molecule has 6 heteroatoms. The number of nitrogens with zero attached hydrogens (tertiary/aromatic N) is 2. The summed E-state index contributed by atoms with van der Waals surface area (Å²) in [6.45, 7) is 3.64. The number of aromatic amines is 1. The molecule has 0 aliphatic carbocycles. The minimum absolute atomic E-state index is 0.0384. The van der Waals surface area contributed by atoms with Gasteiger partial charge in [-0.05, 0) is 60.4 Å². The minimum atomic E-state index is -0.258. The fourth-order valence-corrected chi connectivity index (χ4v) is 3.50. The van der Waals surface area contributed by atoms with Crippen molar-refractivity contribution in [1.82, 2.24) is 15.5 Å². The Morgan fingerprint density at radius 3 is 2.68 bits per heavy atom. The lowest BCUT2D eigenvalue weighted by molar-refractivity contribution is 0.0940. The number of benzene rings is 2. The maximum absolute atomic E-state index is 13.1. The molecule has 5 nitrogen and oxygen atoms in total. The Hall–Kier alpha value is -3.15. The molecule has 1 aliphatic heterocycles. The quantitative estimate of drug-likeness (QED) is 0.710. The molecule has 1 fully saturated rings. The van der Waals surface area contributed by atoms with Crippen LogP contribution in [-0.2, 0) is 6.42 Å². The summed E-state index contributed by atoms with van der Waals surface area (Å²) in [4.78, 5) is 14.6. The van der Waals surface area contributed by atoms with Gasteiger partial charge in [-0.3, -0.25) is 9.89 Å². The van der Waals surface area contributed by atoms with E-state index in [9.17, 15) is 9.18 Å². The molecule has 2 N–H and O–H groups in total. The van der Waals surface area contributed by atoms with E-state index < -0.39 is 0 Å². The van der Waals surface area contributed by atoms with Crippen molar-refractivity contribution >= 4 is 11.7 Å². The van der Waals surface area contributed by atoms with Crippen molar-refractivity contribution in [2.24, 2.45) is 0 Å². The van der Waals surface area contributed by atoms with Crippen molar-refractivity contribution in [1.29, 1.82) is 0 Å². The highest BCUT2D eigenvalue weighted by Gasteiger charge is 2.26. The third-order valence-corrected chi connectivity index (χ3v) is 5.19. The van der Waals surface area contributed by atoms with Crippen LogP contribution in [0.1, 0.15) is 29.3 Å². The summed E-state index contributed by atoms with van der Waals surface area (Å²) in [6, 6.07) is 16.1. The molecule has 0 spiro atoms. The number of anilines is 1. The molecular weight excluding hydrogens is 355 g/mol. The lowest BCUT2D eigenvalue weighted by Gasteiger charge is -2.16. The number of amides is 1. The number of rotatable bonds is 5. The zero-order valence-electron chi connectivity index (χ0n) is 15.8. The van der Waals surface area contributed by atoms with Crippen LogP contribution in [0, 0.1) is 5.82 Å².